The van der Waals surface area contributed by atoms with Crippen LogP contribution in [0, 0.1) is 0 Å². The number of hydrogen-bond acceptors (Lipinski definition) is 6. The number of carboxylic acids is 1. The number of carbonyl (C=O) groups is 3. The number of carbonyl (C=O) groups excluding carboxylic acids is 2. The predicted molar refractivity (Wildman–Crippen MR) is 89.8 cm³/mol. The normalized spacial score (nSPS) is 10.3. The molecular formula is C16H21N3O6. The van der Waals surface area contributed by atoms with E-state index < -0.39 is 24.4 Å². The highest BCUT2D eigenvalue weighted by molar-refractivity contribution is 6.35. The average molecular weight is 351 g/mol. The number of nitrogens with zero attached hydrogens (tertiary/aromatic N) is 1. The van der Waals surface area contributed by atoms with Gasteiger partial charge in [-0.25, -0.2) is 10.2 Å². The zero-order valence-corrected chi connectivity index (χ0v) is 14.1. The van der Waals surface area contributed by atoms with Crippen LogP contribution in [0.25, 0.3) is 0 Å². The number of hydrazone groups is 1. The highest BCUT2D eigenvalue weighted by Crippen LogP contribution is 2.27. The lowest BCUT2D eigenvalue weighted by Gasteiger charge is -2.09. The molecule has 1 aromatic carbocycles. The third-order valence-corrected chi connectivity index (χ3v) is 2.94. The second-order valence-electron chi connectivity index (χ2n) is 4.90. The molecule has 1 aromatic rings. The van der Waals surface area contributed by atoms with Crippen LogP contribution in [0.15, 0.2) is 23.3 Å². The second kappa shape index (κ2) is 10.6. The van der Waals surface area contributed by atoms with Crippen molar-refractivity contribution in [2.24, 2.45) is 5.10 Å². The molecule has 0 bridgehead atoms. The van der Waals surface area contributed by atoms with Gasteiger partial charge in [-0.05, 0) is 30.2 Å². The smallest absolute Gasteiger partial charge is 0.341 e. The molecule has 9 nitrogen and oxygen atoms in total. The fraction of sp³-hybridized carbons (Fsp3) is 0.375. The summed E-state index contributed by atoms with van der Waals surface area (Å²) in [6.45, 7) is 1.91. The molecule has 0 atom stereocenters. The molecule has 0 heterocycles. The molecule has 0 aliphatic heterocycles. The first-order chi connectivity index (χ1) is 12.0. The van der Waals surface area contributed by atoms with Crippen LogP contribution in [0.3, 0.4) is 0 Å². The Hall–Kier alpha value is -3.10. The molecule has 9 heteroatoms. The summed E-state index contributed by atoms with van der Waals surface area (Å²) in [5.41, 5.74) is 2.68. The van der Waals surface area contributed by atoms with E-state index in [0.717, 1.165) is 12.8 Å². The lowest BCUT2D eigenvalue weighted by molar-refractivity contribution is -0.139. The van der Waals surface area contributed by atoms with E-state index in [4.69, 9.17) is 14.6 Å². The van der Waals surface area contributed by atoms with Crippen molar-refractivity contribution >= 4 is 24.0 Å². The molecule has 2 amide bonds. The SMILES string of the molecule is CCCCNC(=O)C(=O)N/N=C\c1ccc(OCC(=O)O)c(OC)c1. The number of carboxylic acid groups (broad SMARTS) is 1. The van der Waals surface area contributed by atoms with Crippen molar-refractivity contribution < 1.29 is 29.0 Å². The number of benzene rings is 1. The number of amides is 2. The summed E-state index contributed by atoms with van der Waals surface area (Å²) < 4.78 is 10.2. The van der Waals surface area contributed by atoms with Crippen LogP contribution >= 0.6 is 0 Å². The van der Waals surface area contributed by atoms with Crippen LogP contribution in [0.5, 0.6) is 11.5 Å². The van der Waals surface area contributed by atoms with Gasteiger partial charge in [0, 0.05) is 6.54 Å². The first-order valence-corrected chi connectivity index (χ1v) is 7.61. The molecule has 0 saturated heterocycles. The summed E-state index contributed by atoms with van der Waals surface area (Å²) in [5.74, 6) is -2.14. The summed E-state index contributed by atoms with van der Waals surface area (Å²) in [7, 11) is 1.41. The number of nitrogens with one attached hydrogen (secondary N) is 2. The Morgan fingerprint density at radius 1 is 1.24 bits per heavy atom. The van der Waals surface area contributed by atoms with Crippen molar-refractivity contribution in [3.05, 3.63) is 23.8 Å². The van der Waals surface area contributed by atoms with Crippen LogP contribution in [0.4, 0.5) is 0 Å². The highest BCUT2D eigenvalue weighted by Gasteiger charge is 2.11. The zero-order chi connectivity index (χ0) is 18.7. The molecule has 1 rings (SSSR count). The molecule has 0 fully saturated rings. The van der Waals surface area contributed by atoms with E-state index in [1.165, 1.54) is 19.4 Å². The molecule has 0 saturated carbocycles. The summed E-state index contributed by atoms with van der Waals surface area (Å²) in [5, 5.41) is 14.8. The monoisotopic (exact) mass is 351 g/mol. The Balaban J connectivity index is 2.60. The molecule has 0 unspecified atom stereocenters. The molecular weight excluding hydrogens is 330 g/mol. The third kappa shape index (κ3) is 7.34. The van der Waals surface area contributed by atoms with Crippen molar-refractivity contribution in [2.75, 3.05) is 20.3 Å². The van der Waals surface area contributed by atoms with Gasteiger partial charge in [-0.2, -0.15) is 5.10 Å². The molecule has 25 heavy (non-hydrogen) atoms. The van der Waals surface area contributed by atoms with Crippen molar-refractivity contribution in [1.82, 2.24) is 10.7 Å². The average Bonchev–Trinajstić information content (AvgIpc) is 2.60. The van der Waals surface area contributed by atoms with E-state index in [0.29, 0.717) is 17.9 Å². The minimum atomic E-state index is -1.10. The fourth-order valence-electron chi connectivity index (χ4n) is 1.70. The van der Waals surface area contributed by atoms with Gasteiger partial charge in [-0.1, -0.05) is 13.3 Å². The first-order valence-electron chi connectivity index (χ1n) is 7.61. The standard InChI is InChI=1S/C16H21N3O6/c1-3-4-7-17-15(22)16(23)19-18-9-11-5-6-12(13(8-11)24-2)25-10-14(20)21/h5-6,8-9H,3-4,7,10H2,1-2H3,(H,17,22)(H,19,23)(H,20,21)/b18-9-. The van der Waals surface area contributed by atoms with Gasteiger partial charge >= 0.3 is 17.8 Å². The third-order valence-electron chi connectivity index (χ3n) is 2.94. The molecule has 0 aromatic heterocycles. The van der Waals surface area contributed by atoms with E-state index in [-0.39, 0.29) is 5.75 Å². The van der Waals surface area contributed by atoms with Crippen molar-refractivity contribution in [1.29, 1.82) is 0 Å². The Morgan fingerprint density at radius 2 is 2.00 bits per heavy atom. The minimum absolute atomic E-state index is 0.265. The van der Waals surface area contributed by atoms with Gasteiger partial charge in [0.2, 0.25) is 0 Å². The first kappa shape index (κ1) is 19.9. The number of methoxy groups -OCH3 is 1. The Kier molecular flexibility index (Phi) is 8.48. The van der Waals surface area contributed by atoms with Gasteiger partial charge in [-0.3, -0.25) is 9.59 Å². The second-order valence-corrected chi connectivity index (χ2v) is 4.90. The van der Waals surface area contributed by atoms with Gasteiger partial charge in [0.1, 0.15) is 0 Å². The summed E-state index contributed by atoms with van der Waals surface area (Å²) in [4.78, 5) is 33.5. The number of aliphatic carboxylic acids is 1. The molecule has 0 aliphatic rings. The van der Waals surface area contributed by atoms with E-state index >= 15 is 0 Å². The van der Waals surface area contributed by atoms with E-state index in [2.05, 4.69) is 15.8 Å². The summed E-state index contributed by atoms with van der Waals surface area (Å²) in [6, 6.07) is 4.66. The van der Waals surface area contributed by atoms with Crippen LogP contribution in [0.1, 0.15) is 25.3 Å². The number of hydrogen-bond donors (Lipinski definition) is 3. The molecule has 0 radical (unpaired) electrons. The number of rotatable bonds is 9. The van der Waals surface area contributed by atoms with Gasteiger partial charge in [0.15, 0.2) is 18.1 Å². The van der Waals surface area contributed by atoms with Crippen LogP contribution in [0.2, 0.25) is 0 Å². The maximum Gasteiger partial charge on any atom is 0.341 e. The van der Waals surface area contributed by atoms with E-state index in [1.807, 2.05) is 6.92 Å². The number of ether oxygens (including phenoxy) is 2. The number of unbranched alkanes of at least 4 members (excludes halogenated alkanes) is 1. The summed E-state index contributed by atoms with van der Waals surface area (Å²) >= 11 is 0. The summed E-state index contributed by atoms with van der Waals surface area (Å²) in [6.07, 6.45) is 3.02. The zero-order valence-electron chi connectivity index (χ0n) is 14.1. The lowest BCUT2D eigenvalue weighted by Crippen LogP contribution is -2.38. The van der Waals surface area contributed by atoms with Crippen molar-refractivity contribution in [3.63, 3.8) is 0 Å². The van der Waals surface area contributed by atoms with Crippen LogP contribution in [-0.4, -0.2) is 49.4 Å². The quantitative estimate of drug-likeness (QED) is 0.258. The van der Waals surface area contributed by atoms with E-state index in [1.54, 1.807) is 12.1 Å². The Bertz CT molecular complexity index is 645. The molecule has 136 valence electrons. The van der Waals surface area contributed by atoms with Gasteiger partial charge in [-0.15, -0.1) is 0 Å². The molecule has 0 aliphatic carbocycles. The minimum Gasteiger partial charge on any atom is -0.493 e. The molecule has 3 N–H and O–H groups in total. The van der Waals surface area contributed by atoms with Crippen LogP contribution < -0.4 is 20.2 Å². The lowest BCUT2D eigenvalue weighted by atomic mass is 10.2. The van der Waals surface area contributed by atoms with Gasteiger partial charge < -0.3 is 19.9 Å². The Labute approximate surface area is 145 Å². The Morgan fingerprint density at radius 3 is 2.64 bits per heavy atom. The van der Waals surface area contributed by atoms with Crippen molar-refractivity contribution in [2.45, 2.75) is 19.8 Å². The maximum atomic E-state index is 11.5. The maximum absolute atomic E-state index is 11.5. The topological polar surface area (TPSA) is 126 Å². The van der Waals surface area contributed by atoms with Gasteiger partial charge in [0.05, 0.1) is 13.3 Å². The van der Waals surface area contributed by atoms with Gasteiger partial charge in [0.25, 0.3) is 0 Å². The van der Waals surface area contributed by atoms with Crippen molar-refractivity contribution in [3.8, 4) is 11.5 Å². The molecule has 0 spiro atoms. The largest absolute Gasteiger partial charge is 0.493 e. The van der Waals surface area contributed by atoms with Crippen LogP contribution in [-0.2, 0) is 14.4 Å². The van der Waals surface area contributed by atoms with E-state index in [9.17, 15) is 14.4 Å². The predicted octanol–water partition coefficient (Wildman–Crippen LogP) is 0.525. The highest BCUT2D eigenvalue weighted by atomic mass is 16.5. The fourth-order valence-corrected chi connectivity index (χ4v) is 1.70.